The van der Waals surface area contributed by atoms with Crippen molar-refractivity contribution in [1.29, 1.82) is 0 Å². The Labute approximate surface area is 98.1 Å². The molecule has 0 aliphatic carbocycles. The molecular formula is C10H13N3O2S. The van der Waals surface area contributed by atoms with Crippen LogP contribution in [0.5, 0.6) is 0 Å². The monoisotopic (exact) mass is 239 g/mol. The quantitative estimate of drug-likeness (QED) is 0.608. The van der Waals surface area contributed by atoms with Crippen molar-refractivity contribution < 1.29 is 4.74 Å². The van der Waals surface area contributed by atoms with Crippen molar-refractivity contribution in [1.82, 2.24) is 14.2 Å². The van der Waals surface area contributed by atoms with Crippen molar-refractivity contribution in [2.24, 2.45) is 0 Å². The number of nitrogens with zero attached hydrogens (tertiary/aromatic N) is 3. The molecule has 0 radical (unpaired) electrons. The summed E-state index contributed by atoms with van der Waals surface area (Å²) in [7, 11) is 0. The first-order valence-electron chi connectivity index (χ1n) is 5.04. The Bertz CT molecular complexity index is 520. The van der Waals surface area contributed by atoms with E-state index in [0.29, 0.717) is 31.0 Å². The van der Waals surface area contributed by atoms with Crippen LogP contribution < -0.4 is 5.56 Å². The Morgan fingerprint density at radius 2 is 2.25 bits per heavy atom. The minimum atomic E-state index is -0.0468. The molecule has 6 heteroatoms. The van der Waals surface area contributed by atoms with Crippen molar-refractivity contribution >= 4 is 18.1 Å². The van der Waals surface area contributed by atoms with Crippen LogP contribution in [-0.4, -0.2) is 33.1 Å². The summed E-state index contributed by atoms with van der Waals surface area (Å²) in [5.74, 6) is 0.691. The molecule has 0 unspecified atom stereocenters. The third-order valence-corrected chi connectivity index (χ3v) is 2.43. The van der Waals surface area contributed by atoms with Gasteiger partial charge in [-0.2, -0.15) is 17.7 Å². The van der Waals surface area contributed by atoms with Crippen LogP contribution in [0.4, 0.5) is 0 Å². The first-order chi connectivity index (χ1) is 7.83. The second kappa shape index (κ2) is 5.18. The van der Waals surface area contributed by atoms with E-state index in [2.05, 4.69) is 17.7 Å². The van der Waals surface area contributed by atoms with Crippen LogP contribution in [0.25, 0.3) is 5.52 Å². The van der Waals surface area contributed by atoms with E-state index < -0.39 is 0 Å². The smallest absolute Gasteiger partial charge is 0.276 e. The Morgan fingerprint density at radius 1 is 1.38 bits per heavy atom. The lowest BCUT2D eigenvalue weighted by molar-refractivity contribution is 0.141. The molecule has 2 heterocycles. The van der Waals surface area contributed by atoms with Gasteiger partial charge in [0.05, 0.1) is 19.4 Å². The molecule has 0 atom stereocenters. The number of hydrogen-bond acceptors (Lipinski definition) is 4. The van der Waals surface area contributed by atoms with Crippen molar-refractivity contribution in [2.45, 2.75) is 6.54 Å². The Hall–Kier alpha value is -1.27. The van der Waals surface area contributed by atoms with Crippen LogP contribution in [0.15, 0.2) is 29.5 Å². The van der Waals surface area contributed by atoms with Crippen LogP contribution in [0.2, 0.25) is 0 Å². The Kier molecular flexibility index (Phi) is 3.63. The van der Waals surface area contributed by atoms with E-state index >= 15 is 0 Å². The van der Waals surface area contributed by atoms with Gasteiger partial charge in [-0.25, -0.2) is 4.52 Å². The summed E-state index contributed by atoms with van der Waals surface area (Å²) in [6.07, 6.45) is 5.08. The van der Waals surface area contributed by atoms with Crippen LogP contribution in [-0.2, 0) is 11.3 Å². The van der Waals surface area contributed by atoms with E-state index in [-0.39, 0.29) is 5.56 Å². The maximum atomic E-state index is 11.9. The Morgan fingerprint density at radius 3 is 3.06 bits per heavy atom. The van der Waals surface area contributed by atoms with E-state index in [1.54, 1.807) is 33.7 Å². The molecule has 0 aliphatic heterocycles. The van der Waals surface area contributed by atoms with E-state index in [1.807, 2.05) is 0 Å². The van der Waals surface area contributed by atoms with Crippen LogP contribution in [0.3, 0.4) is 0 Å². The van der Waals surface area contributed by atoms with Gasteiger partial charge in [-0.1, -0.05) is 0 Å². The zero-order valence-corrected chi connectivity index (χ0v) is 9.64. The third-order valence-electron chi connectivity index (χ3n) is 2.25. The maximum Gasteiger partial charge on any atom is 0.276 e. The molecule has 0 bridgehead atoms. The number of hydrogen-bond donors (Lipinski definition) is 1. The second-order valence-electron chi connectivity index (χ2n) is 3.29. The predicted octanol–water partition coefficient (Wildman–Crippen LogP) is 0.442. The zero-order valence-electron chi connectivity index (χ0n) is 8.74. The second-order valence-corrected chi connectivity index (χ2v) is 3.74. The largest absolute Gasteiger partial charge is 0.379 e. The molecule has 0 saturated heterocycles. The van der Waals surface area contributed by atoms with Crippen LogP contribution in [0.1, 0.15) is 0 Å². The first-order valence-corrected chi connectivity index (χ1v) is 5.67. The molecule has 86 valence electrons. The van der Waals surface area contributed by atoms with Gasteiger partial charge in [0.15, 0.2) is 0 Å². The molecule has 0 fully saturated rings. The zero-order chi connectivity index (χ0) is 11.4. The average Bonchev–Trinajstić information content (AvgIpc) is 2.76. The maximum absolute atomic E-state index is 11.9. The number of fused-ring (bicyclic) bond motifs is 1. The summed E-state index contributed by atoms with van der Waals surface area (Å²) >= 11 is 4.04. The first kappa shape index (κ1) is 11.2. The van der Waals surface area contributed by atoms with Crippen molar-refractivity contribution in [3.63, 3.8) is 0 Å². The van der Waals surface area contributed by atoms with Gasteiger partial charge in [0.25, 0.3) is 5.56 Å². The highest BCUT2D eigenvalue weighted by atomic mass is 32.1. The van der Waals surface area contributed by atoms with Crippen molar-refractivity contribution in [3.05, 3.63) is 35.0 Å². The highest BCUT2D eigenvalue weighted by Crippen LogP contribution is 1.94. The topological polar surface area (TPSA) is 48.5 Å². The van der Waals surface area contributed by atoms with Crippen LogP contribution >= 0.6 is 12.6 Å². The fourth-order valence-corrected chi connectivity index (χ4v) is 1.60. The fraction of sp³-hybridized carbons (Fsp3) is 0.400. The fourth-order valence-electron chi connectivity index (χ4n) is 1.47. The minimum absolute atomic E-state index is 0.0468. The van der Waals surface area contributed by atoms with Gasteiger partial charge in [-0.3, -0.25) is 4.79 Å². The molecule has 0 aromatic carbocycles. The van der Waals surface area contributed by atoms with Gasteiger partial charge in [-0.15, -0.1) is 0 Å². The lowest BCUT2D eigenvalue weighted by Gasteiger charge is -2.06. The molecule has 2 aromatic rings. The molecule has 0 aliphatic rings. The molecule has 0 spiro atoms. The predicted molar refractivity (Wildman–Crippen MR) is 64.1 cm³/mol. The summed E-state index contributed by atoms with van der Waals surface area (Å²) in [4.78, 5) is 11.9. The molecule has 16 heavy (non-hydrogen) atoms. The van der Waals surface area contributed by atoms with Gasteiger partial charge in [0.2, 0.25) is 0 Å². The summed E-state index contributed by atoms with van der Waals surface area (Å²) in [6.45, 7) is 1.67. The molecule has 2 rings (SSSR count). The van der Waals surface area contributed by atoms with Crippen molar-refractivity contribution in [3.8, 4) is 0 Å². The summed E-state index contributed by atoms with van der Waals surface area (Å²) in [5, 5.41) is 3.99. The van der Waals surface area contributed by atoms with E-state index in [0.717, 1.165) is 0 Å². The van der Waals surface area contributed by atoms with E-state index in [1.165, 1.54) is 0 Å². The minimum Gasteiger partial charge on any atom is -0.379 e. The molecule has 0 N–H and O–H groups in total. The van der Waals surface area contributed by atoms with Crippen molar-refractivity contribution in [2.75, 3.05) is 19.0 Å². The van der Waals surface area contributed by atoms with Gasteiger partial charge in [0, 0.05) is 24.7 Å². The molecule has 2 aromatic heterocycles. The molecule has 0 saturated carbocycles. The van der Waals surface area contributed by atoms with E-state index in [4.69, 9.17) is 4.74 Å². The SMILES string of the molecule is O=c1c2ccnn2ccn1CCOCCS. The molecule has 0 amide bonds. The lowest BCUT2D eigenvalue weighted by Crippen LogP contribution is -2.23. The van der Waals surface area contributed by atoms with Gasteiger partial charge >= 0.3 is 0 Å². The standard InChI is InChI=1S/C10H13N3O2S/c14-10-9-1-2-11-13(9)4-3-12(10)5-6-15-7-8-16/h1-4,16H,5-8H2. The normalized spacial score (nSPS) is 11.1. The van der Waals surface area contributed by atoms with Gasteiger partial charge < -0.3 is 9.30 Å². The Balaban J connectivity index is 2.12. The summed E-state index contributed by atoms with van der Waals surface area (Å²) < 4.78 is 8.46. The highest BCUT2D eigenvalue weighted by Gasteiger charge is 2.02. The highest BCUT2D eigenvalue weighted by molar-refractivity contribution is 7.80. The number of thiol groups is 1. The van der Waals surface area contributed by atoms with Gasteiger partial charge in [0.1, 0.15) is 5.52 Å². The van der Waals surface area contributed by atoms with Gasteiger partial charge in [-0.05, 0) is 6.07 Å². The van der Waals surface area contributed by atoms with Crippen LogP contribution in [0, 0.1) is 0 Å². The lowest BCUT2D eigenvalue weighted by atomic mass is 10.5. The average molecular weight is 239 g/mol. The number of ether oxygens (including phenoxy) is 1. The van der Waals surface area contributed by atoms with E-state index in [9.17, 15) is 4.79 Å². The number of rotatable bonds is 5. The molecular weight excluding hydrogens is 226 g/mol. The summed E-state index contributed by atoms with van der Waals surface area (Å²) in [5.41, 5.74) is 0.533. The summed E-state index contributed by atoms with van der Waals surface area (Å²) in [6, 6.07) is 1.70. The molecule has 5 nitrogen and oxygen atoms in total. The third kappa shape index (κ3) is 2.28. The number of aromatic nitrogens is 3.